The minimum absolute atomic E-state index is 0.116. The van der Waals surface area contributed by atoms with Crippen LogP contribution in [0.3, 0.4) is 0 Å². The van der Waals surface area contributed by atoms with Crippen LogP contribution >= 0.6 is 0 Å². The first-order valence-corrected chi connectivity index (χ1v) is 11.0. The van der Waals surface area contributed by atoms with Gasteiger partial charge < -0.3 is 14.9 Å². The summed E-state index contributed by atoms with van der Waals surface area (Å²) >= 11 is 0. The highest BCUT2D eigenvalue weighted by Crippen LogP contribution is 2.39. The molecule has 36 heavy (non-hydrogen) atoms. The zero-order valence-electron chi connectivity index (χ0n) is 19.6. The van der Waals surface area contributed by atoms with Crippen LogP contribution in [-0.4, -0.2) is 35.5 Å². The number of rotatable bonds is 7. The maximum absolute atomic E-state index is 13.9. The van der Waals surface area contributed by atoms with Crippen LogP contribution in [0.1, 0.15) is 58.7 Å². The molecule has 2 unspecified atom stereocenters. The van der Waals surface area contributed by atoms with E-state index in [9.17, 15) is 24.3 Å². The first kappa shape index (κ1) is 24.3. The topological polar surface area (TPSA) is 152 Å². The van der Waals surface area contributed by atoms with Gasteiger partial charge in [-0.2, -0.15) is 10.4 Å². The Labute approximate surface area is 204 Å². The highest BCUT2D eigenvalue weighted by atomic mass is 19.1. The van der Waals surface area contributed by atoms with Crippen molar-refractivity contribution in [3.63, 3.8) is 0 Å². The molecule has 12 heteroatoms. The van der Waals surface area contributed by atoms with Crippen LogP contribution in [0, 0.1) is 17.1 Å². The van der Waals surface area contributed by atoms with Gasteiger partial charge in [-0.1, -0.05) is 18.1 Å². The molecule has 2 N–H and O–H groups in total. The molecule has 1 amide bonds. The number of halogens is 1. The van der Waals surface area contributed by atoms with Crippen LogP contribution in [0.2, 0.25) is 0 Å². The average Bonchev–Trinajstić information content (AvgIpc) is 3.56. The van der Waals surface area contributed by atoms with Gasteiger partial charge in [0.05, 0.1) is 24.0 Å². The molecule has 11 nitrogen and oxygen atoms in total. The molecule has 2 atom stereocenters. The van der Waals surface area contributed by atoms with E-state index < -0.39 is 40.6 Å². The normalized spacial score (nSPS) is 12.6. The molecular formula is C24H22FN7O4. The fourth-order valence-electron chi connectivity index (χ4n) is 4.13. The lowest BCUT2D eigenvalue weighted by Crippen LogP contribution is -2.29. The van der Waals surface area contributed by atoms with Gasteiger partial charge in [0.2, 0.25) is 5.75 Å². The van der Waals surface area contributed by atoms with Crippen LogP contribution in [0.5, 0.6) is 5.75 Å². The number of benzene rings is 1. The Bertz CT molecular complexity index is 1520. The third-order valence-corrected chi connectivity index (χ3v) is 5.92. The maximum Gasteiger partial charge on any atom is 0.296 e. The SMILES string of the molecule is CCn1cc(C(c2ccc(F)cc2C#N)C(C)c2nc(C(=O)Nc3cnoc3)c(O)c(=O)n2C)cn1. The van der Waals surface area contributed by atoms with E-state index in [1.807, 2.05) is 13.0 Å². The summed E-state index contributed by atoms with van der Waals surface area (Å²) in [5.41, 5.74) is 0.218. The Hall–Kier alpha value is -4.79. The molecule has 1 aromatic carbocycles. The fourth-order valence-corrected chi connectivity index (χ4v) is 4.13. The molecule has 0 aliphatic rings. The monoisotopic (exact) mass is 491 g/mol. The first-order chi connectivity index (χ1) is 17.2. The number of aromatic nitrogens is 5. The molecule has 0 fully saturated rings. The van der Waals surface area contributed by atoms with E-state index in [0.29, 0.717) is 17.7 Å². The first-order valence-electron chi connectivity index (χ1n) is 11.0. The maximum atomic E-state index is 13.9. The van der Waals surface area contributed by atoms with Gasteiger partial charge in [-0.05, 0) is 30.2 Å². The van der Waals surface area contributed by atoms with Crippen molar-refractivity contribution < 1.29 is 18.8 Å². The van der Waals surface area contributed by atoms with Crippen molar-refractivity contribution in [2.75, 3.05) is 5.32 Å². The van der Waals surface area contributed by atoms with Crippen molar-refractivity contribution in [2.24, 2.45) is 7.05 Å². The lowest BCUT2D eigenvalue weighted by Gasteiger charge is -2.26. The Kier molecular flexibility index (Phi) is 6.64. The molecular weight excluding hydrogens is 469 g/mol. The number of aryl methyl sites for hydroxylation is 1. The molecule has 0 spiro atoms. The average molecular weight is 491 g/mol. The summed E-state index contributed by atoms with van der Waals surface area (Å²) in [5, 5.41) is 30.4. The van der Waals surface area contributed by atoms with Crippen molar-refractivity contribution in [1.29, 1.82) is 5.26 Å². The van der Waals surface area contributed by atoms with Crippen molar-refractivity contribution >= 4 is 11.6 Å². The number of hydrogen-bond donors (Lipinski definition) is 2. The standard InChI is InChI=1S/C24H22FN7O4/c1-4-32-11-15(9-27-32)19(18-6-5-16(25)7-14(18)8-26)13(2)22-30-20(21(33)24(35)31(22)3)23(34)29-17-10-28-36-12-17/h5-7,9-13,19,33H,4H2,1-3H3,(H,29,34). The molecule has 4 rings (SSSR count). The number of anilines is 1. The summed E-state index contributed by atoms with van der Waals surface area (Å²) in [5.74, 6) is -3.26. The molecule has 0 aliphatic heterocycles. The molecule has 184 valence electrons. The smallest absolute Gasteiger partial charge is 0.296 e. The largest absolute Gasteiger partial charge is 0.501 e. The minimum atomic E-state index is -0.836. The summed E-state index contributed by atoms with van der Waals surface area (Å²) < 4.78 is 21.5. The number of aromatic hydroxyl groups is 1. The molecule has 0 radical (unpaired) electrons. The van der Waals surface area contributed by atoms with E-state index >= 15 is 0 Å². The number of nitrogens with one attached hydrogen (secondary N) is 1. The van der Waals surface area contributed by atoms with Gasteiger partial charge in [-0.15, -0.1) is 0 Å². The Balaban J connectivity index is 1.87. The van der Waals surface area contributed by atoms with Crippen LogP contribution in [-0.2, 0) is 13.6 Å². The molecule has 0 aliphatic carbocycles. The Morgan fingerprint density at radius 2 is 2.14 bits per heavy atom. The van der Waals surface area contributed by atoms with E-state index in [-0.39, 0.29) is 17.1 Å². The van der Waals surface area contributed by atoms with E-state index in [0.717, 1.165) is 10.6 Å². The fraction of sp³-hybridized carbons (Fsp3) is 0.250. The van der Waals surface area contributed by atoms with E-state index in [1.165, 1.54) is 31.6 Å². The van der Waals surface area contributed by atoms with E-state index in [4.69, 9.17) is 0 Å². The molecule has 4 aromatic rings. The van der Waals surface area contributed by atoms with Crippen molar-refractivity contribution in [2.45, 2.75) is 32.2 Å². The number of nitrogens with zero attached hydrogens (tertiary/aromatic N) is 6. The third-order valence-electron chi connectivity index (χ3n) is 5.92. The summed E-state index contributed by atoms with van der Waals surface area (Å²) in [4.78, 5) is 30.0. The molecule has 3 aromatic heterocycles. The van der Waals surface area contributed by atoms with Crippen LogP contribution < -0.4 is 10.9 Å². The Morgan fingerprint density at radius 3 is 2.78 bits per heavy atom. The van der Waals surface area contributed by atoms with Gasteiger partial charge in [0.15, 0.2) is 5.69 Å². The number of carbonyl (C=O) groups excluding carboxylic acids is 1. The summed E-state index contributed by atoms with van der Waals surface area (Å²) in [6, 6.07) is 5.93. The summed E-state index contributed by atoms with van der Waals surface area (Å²) in [7, 11) is 1.42. The minimum Gasteiger partial charge on any atom is -0.501 e. The predicted molar refractivity (Wildman–Crippen MR) is 125 cm³/mol. The highest BCUT2D eigenvalue weighted by molar-refractivity contribution is 6.04. The van der Waals surface area contributed by atoms with Gasteiger partial charge >= 0.3 is 0 Å². The second-order valence-corrected chi connectivity index (χ2v) is 8.14. The van der Waals surface area contributed by atoms with Gasteiger partial charge in [-0.25, -0.2) is 9.37 Å². The summed E-state index contributed by atoms with van der Waals surface area (Å²) in [6.07, 6.45) is 5.86. The van der Waals surface area contributed by atoms with Crippen LogP contribution in [0.4, 0.5) is 10.1 Å². The van der Waals surface area contributed by atoms with Crippen molar-refractivity contribution in [3.05, 3.63) is 87.4 Å². The van der Waals surface area contributed by atoms with Gasteiger partial charge in [0.25, 0.3) is 11.5 Å². The number of nitriles is 1. The number of amides is 1. The van der Waals surface area contributed by atoms with Gasteiger partial charge in [0, 0.05) is 31.6 Å². The van der Waals surface area contributed by atoms with Gasteiger partial charge in [-0.3, -0.25) is 18.8 Å². The van der Waals surface area contributed by atoms with Gasteiger partial charge in [0.1, 0.15) is 23.6 Å². The van der Waals surface area contributed by atoms with Crippen LogP contribution in [0.15, 0.2) is 52.4 Å². The second-order valence-electron chi connectivity index (χ2n) is 8.14. The van der Waals surface area contributed by atoms with Crippen molar-refractivity contribution in [1.82, 2.24) is 24.5 Å². The molecule has 0 bridgehead atoms. The lowest BCUT2D eigenvalue weighted by atomic mass is 9.80. The second kappa shape index (κ2) is 9.83. The zero-order valence-corrected chi connectivity index (χ0v) is 19.6. The predicted octanol–water partition coefficient (Wildman–Crippen LogP) is 2.89. The Morgan fingerprint density at radius 1 is 1.36 bits per heavy atom. The zero-order chi connectivity index (χ0) is 26.0. The quantitative estimate of drug-likeness (QED) is 0.400. The number of carbonyl (C=O) groups is 1. The van der Waals surface area contributed by atoms with Crippen molar-refractivity contribution in [3.8, 4) is 11.8 Å². The summed E-state index contributed by atoms with van der Waals surface area (Å²) in [6.45, 7) is 4.28. The van der Waals surface area contributed by atoms with E-state index in [2.05, 4.69) is 25.1 Å². The lowest BCUT2D eigenvalue weighted by molar-refractivity contribution is 0.101. The molecule has 0 saturated carbocycles. The number of hydrogen-bond acceptors (Lipinski definition) is 8. The van der Waals surface area contributed by atoms with E-state index in [1.54, 1.807) is 24.0 Å². The third kappa shape index (κ3) is 4.46. The molecule has 0 saturated heterocycles. The van der Waals surface area contributed by atoms with Crippen LogP contribution in [0.25, 0.3) is 0 Å². The molecule has 3 heterocycles. The highest BCUT2D eigenvalue weighted by Gasteiger charge is 2.31.